The molecule has 0 aliphatic carbocycles. The summed E-state index contributed by atoms with van der Waals surface area (Å²) in [5.41, 5.74) is 0.962. The van der Waals surface area contributed by atoms with Gasteiger partial charge in [0.25, 0.3) is 0 Å². The highest BCUT2D eigenvalue weighted by atomic mass is 16.5. The molecule has 0 aromatic heterocycles. The van der Waals surface area contributed by atoms with Gasteiger partial charge < -0.3 is 24.6 Å². The standard InChI is InChI=1S/C13H21NO4/c1-14-12-4-2-3-5-13(12)18-11-10-17-9-8-16-7-6-15/h2-5,14-15H,6-11H2,1H3. The summed E-state index contributed by atoms with van der Waals surface area (Å²) in [4.78, 5) is 0. The minimum Gasteiger partial charge on any atom is -0.489 e. The number of para-hydroxylation sites is 2. The van der Waals surface area contributed by atoms with E-state index in [0.29, 0.717) is 33.0 Å². The van der Waals surface area contributed by atoms with Crippen LogP contribution < -0.4 is 10.1 Å². The summed E-state index contributed by atoms with van der Waals surface area (Å²) >= 11 is 0. The predicted molar refractivity (Wildman–Crippen MR) is 70.2 cm³/mol. The Labute approximate surface area is 108 Å². The number of aliphatic hydroxyl groups excluding tert-OH is 1. The highest BCUT2D eigenvalue weighted by Crippen LogP contribution is 2.22. The predicted octanol–water partition coefficient (Wildman–Crippen LogP) is 1.13. The maximum absolute atomic E-state index is 8.49. The lowest BCUT2D eigenvalue weighted by molar-refractivity contribution is 0.0248. The Morgan fingerprint density at radius 3 is 2.39 bits per heavy atom. The average molecular weight is 255 g/mol. The summed E-state index contributed by atoms with van der Waals surface area (Å²) in [6.07, 6.45) is 0. The van der Waals surface area contributed by atoms with E-state index in [0.717, 1.165) is 11.4 Å². The molecule has 0 saturated heterocycles. The van der Waals surface area contributed by atoms with Crippen molar-refractivity contribution in [2.24, 2.45) is 0 Å². The highest BCUT2D eigenvalue weighted by Gasteiger charge is 1.99. The van der Waals surface area contributed by atoms with Gasteiger partial charge in [0.2, 0.25) is 0 Å². The van der Waals surface area contributed by atoms with E-state index in [1.54, 1.807) is 0 Å². The van der Waals surface area contributed by atoms with E-state index in [4.69, 9.17) is 19.3 Å². The van der Waals surface area contributed by atoms with Crippen molar-refractivity contribution in [1.29, 1.82) is 0 Å². The summed E-state index contributed by atoms with van der Waals surface area (Å²) in [7, 11) is 1.86. The third-order valence-electron chi connectivity index (χ3n) is 2.25. The lowest BCUT2D eigenvalue weighted by Gasteiger charge is -2.11. The fourth-order valence-corrected chi connectivity index (χ4v) is 1.40. The van der Waals surface area contributed by atoms with E-state index in [2.05, 4.69) is 5.32 Å². The van der Waals surface area contributed by atoms with Crippen LogP contribution in [0.15, 0.2) is 24.3 Å². The van der Waals surface area contributed by atoms with E-state index in [1.165, 1.54) is 0 Å². The summed E-state index contributed by atoms with van der Waals surface area (Å²) in [6, 6.07) is 7.75. The van der Waals surface area contributed by atoms with Crippen LogP contribution >= 0.6 is 0 Å². The van der Waals surface area contributed by atoms with Crippen LogP contribution in [0.4, 0.5) is 5.69 Å². The first-order valence-electron chi connectivity index (χ1n) is 6.04. The monoisotopic (exact) mass is 255 g/mol. The molecule has 5 nitrogen and oxygen atoms in total. The molecular weight excluding hydrogens is 234 g/mol. The van der Waals surface area contributed by atoms with Gasteiger partial charge in [0.1, 0.15) is 12.4 Å². The maximum atomic E-state index is 8.49. The Kier molecular flexibility index (Phi) is 7.96. The molecule has 0 saturated carbocycles. The number of anilines is 1. The second kappa shape index (κ2) is 9.70. The molecule has 0 amide bonds. The molecule has 0 unspecified atom stereocenters. The lowest BCUT2D eigenvalue weighted by Crippen LogP contribution is -2.12. The van der Waals surface area contributed by atoms with Crippen LogP contribution in [0, 0.1) is 0 Å². The molecule has 18 heavy (non-hydrogen) atoms. The van der Waals surface area contributed by atoms with Crippen molar-refractivity contribution in [2.45, 2.75) is 0 Å². The molecule has 1 rings (SSSR count). The Bertz CT molecular complexity index is 320. The third-order valence-corrected chi connectivity index (χ3v) is 2.25. The third kappa shape index (κ3) is 5.86. The quantitative estimate of drug-likeness (QED) is 0.614. The van der Waals surface area contributed by atoms with Crippen LogP contribution in [0.2, 0.25) is 0 Å². The van der Waals surface area contributed by atoms with E-state index >= 15 is 0 Å². The number of hydrogen-bond donors (Lipinski definition) is 2. The largest absolute Gasteiger partial charge is 0.489 e. The van der Waals surface area contributed by atoms with Crippen molar-refractivity contribution in [3.8, 4) is 5.75 Å². The van der Waals surface area contributed by atoms with Crippen LogP contribution in [0.1, 0.15) is 0 Å². The normalized spacial score (nSPS) is 10.3. The van der Waals surface area contributed by atoms with Gasteiger partial charge in [-0.1, -0.05) is 12.1 Å². The second-order valence-electron chi connectivity index (χ2n) is 3.54. The molecule has 0 fully saturated rings. The van der Waals surface area contributed by atoms with Gasteiger partial charge in [-0.15, -0.1) is 0 Å². The van der Waals surface area contributed by atoms with E-state index < -0.39 is 0 Å². The van der Waals surface area contributed by atoms with Gasteiger partial charge in [-0.25, -0.2) is 0 Å². The minimum atomic E-state index is 0.0455. The van der Waals surface area contributed by atoms with Gasteiger partial charge in [0.05, 0.1) is 38.7 Å². The van der Waals surface area contributed by atoms with Crippen molar-refractivity contribution in [1.82, 2.24) is 0 Å². The van der Waals surface area contributed by atoms with Gasteiger partial charge in [-0.2, -0.15) is 0 Å². The van der Waals surface area contributed by atoms with Crippen molar-refractivity contribution in [3.63, 3.8) is 0 Å². The summed E-state index contributed by atoms with van der Waals surface area (Å²) < 4.78 is 16.0. The van der Waals surface area contributed by atoms with Gasteiger partial charge >= 0.3 is 0 Å². The van der Waals surface area contributed by atoms with Gasteiger partial charge in [-0.3, -0.25) is 0 Å². The van der Waals surface area contributed by atoms with E-state index in [1.807, 2.05) is 31.3 Å². The van der Waals surface area contributed by atoms with Crippen LogP contribution in [0.25, 0.3) is 0 Å². The van der Waals surface area contributed by atoms with Crippen molar-refractivity contribution in [2.75, 3.05) is 52.0 Å². The average Bonchev–Trinajstić information content (AvgIpc) is 2.42. The molecule has 0 aliphatic heterocycles. The molecular formula is C13H21NO4. The molecule has 102 valence electrons. The Balaban J connectivity index is 2.07. The first kappa shape index (κ1) is 14.8. The molecule has 0 heterocycles. The Hall–Kier alpha value is -1.30. The number of ether oxygens (including phenoxy) is 3. The maximum Gasteiger partial charge on any atom is 0.142 e. The van der Waals surface area contributed by atoms with Crippen molar-refractivity contribution >= 4 is 5.69 Å². The molecule has 5 heteroatoms. The fourth-order valence-electron chi connectivity index (χ4n) is 1.40. The van der Waals surface area contributed by atoms with E-state index in [-0.39, 0.29) is 6.61 Å². The first-order chi connectivity index (χ1) is 8.88. The van der Waals surface area contributed by atoms with Gasteiger partial charge in [-0.05, 0) is 12.1 Å². The smallest absolute Gasteiger partial charge is 0.142 e. The second-order valence-corrected chi connectivity index (χ2v) is 3.54. The Morgan fingerprint density at radius 2 is 1.67 bits per heavy atom. The van der Waals surface area contributed by atoms with Crippen molar-refractivity contribution < 1.29 is 19.3 Å². The summed E-state index contributed by atoms with van der Waals surface area (Å²) in [5.74, 6) is 0.820. The molecule has 1 aromatic carbocycles. The molecule has 1 aromatic rings. The fraction of sp³-hybridized carbons (Fsp3) is 0.538. The lowest BCUT2D eigenvalue weighted by atomic mass is 10.3. The zero-order valence-corrected chi connectivity index (χ0v) is 10.7. The molecule has 2 N–H and O–H groups in total. The number of benzene rings is 1. The molecule has 0 bridgehead atoms. The number of aliphatic hydroxyl groups is 1. The number of rotatable bonds is 10. The zero-order chi connectivity index (χ0) is 13.1. The summed E-state index contributed by atoms with van der Waals surface area (Å²) in [5, 5.41) is 11.6. The van der Waals surface area contributed by atoms with Crippen LogP contribution in [0.5, 0.6) is 5.75 Å². The SMILES string of the molecule is CNc1ccccc1OCCOCCOCCO. The van der Waals surface area contributed by atoms with E-state index in [9.17, 15) is 0 Å². The molecule has 0 atom stereocenters. The number of nitrogens with one attached hydrogen (secondary N) is 1. The summed E-state index contributed by atoms with van der Waals surface area (Å²) in [6.45, 7) is 2.42. The number of hydrogen-bond acceptors (Lipinski definition) is 5. The van der Waals surface area contributed by atoms with Crippen molar-refractivity contribution in [3.05, 3.63) is 24.3 Å². The highest BCUT2D eigenvalue weighted by molar-refractivity contribution is 5.55. The molecule has 0 radical (unpaired) electrons. The topological polar surface area (TPSA) is 60.0 Å². The van der Waals surface area contributed by atoms with Crippen LogP contribution in [-0.2, 0) is 9.47 Å². The van der Waals surface area contributed by atoms with Gasteiger partial charge in [0, 0.05) is 7.05 Å². The Morgan fingerprint density at radius 1 is 1.00 bits per heavy atom. The minimum absolute atomic E-state index is 0.0455. The van der Waals surface area contributed by atoms with Crippen LogP contribution in [0.3, 0.4) is 0 Å². The van der Waals surface area contributed by atoms with Gasteiger partial charge in [0.15, 0.2) is 0 Å². The molecule has 0 aliphatic rings. The molecule has 0 spiro atoms. The van der Waals surface area contributed by atoms with Crippen LogP contribution in [-0.4, -0.2) is 51.8 Å². The first-order valence-corrected chi connectivity index (χ1v) is 6.04. The zero-order valence-electron chi connectivity index (χ0n) is 10.7.